The summed E-state index contributed by atoms with van der Waals surface area (Å²) in [5.74, 6) is 0.321. The van der Waals surface area contributed by atoms with E-state index in [-0.39, 0.29) is 18.4 Å². The second kappa shape index (κ2) is 10.1. The molecule has 0 spiro atoms. The standard InChI is InChI=1S/C23H30N4O5S/c1-24(2)23(29)18-9-11-19(12-10-18)27(33(4,30)31)17-22(28)26-15-13-25(14-16-26)20-7-5-6-8-21(20)32-3/h5-12H,13-17H2,1-4H3. The number of anilines is 2. The van der Waals surface area contributed by atoms with Gasteiger partial charge in [-0.1, -0.05) is 12.1 Å². The van der Waals surface area contributed by atoms with Crippen molar-refractivity contribution in [3.63, 3.8) is 0 Å². The lowest BCUT2D eigenvalue weighted by Crippen LogP contribution is -2.52. The molecule has 1 saturated heterocycles. The van der Waals surface area contributed by atoms with Gasteiger partial charge in [0.05, 0.1) is 24.7 Å². The summed E-state index contributed by atoms with van der Waals surface area (Å²) in [4.78, 5) is 30.3. The molecule has 0 N–H and O–H groups in total. The summed E-state index contributed by atoms with van der Waals surface area (Å²) >= 11 is 0. The first-order valence-corrected chi connectivity index (χ1v) is 12.4. The Kier molecular flexibility index (Phi) is 7.47. The van der Waals surface area contributed by atoms with Crippen LogP contribution in [-0.4, -0.2) is 90.2 Å². The van der Waals surface area contributed by atoms with Gasteiger partial charge in [-0.05, 0) is 36.4 Å². The molecule has 1 aliphatic rings. The summed E-state index contributed by atoms with van der Waals surface area (Å²) < 4.78 is 31.4. The van der Waals surface area contributed by atoms with Crippen LogP contribution in [0, 0.1) is 0 Å². The van der Waals surface area contributed by atoms with Crippen LogP contribution >= 0.6 is 0 Å². The molecule has 0 aromatic heterocycles. The van der Waals surface area contributed by atoms with E-state index in [1.807, 2.05) is 24.3 Å². The number of methoxy groups -OCH3 is 1. The number of carbonyl (C=O) groups excluding carboxylic acids is 2. The van der Waals surface area contributed by atoms with Crippen molar-refractivity contribution < 1.29 is 22.7 Å². The second-order valence-electron chi connectivity index (χ2n) is 8.06. The van der Waals surface area contributed by atoms with Crippen molar-refractivity contribution in [2.45, 2.75) is 0 Å². The lowest BCUT2D eigenvalue weighted by molar-refractivity contribution is -0.129. The lowest BCUT2D eigenvalue weighted by atomic mass is 10.2. The maximum Gasteiger partial charge on any atom is 0.253 e. The fraction of sp³-hybridized carbons (Fsp3) is 0.391. The Labute approximate surface area is 195 Å². The van der Waals surface area contributed by atoms with Crippen molar-refractivity contribution in [3.8, 4) is 5.75 Å². The molecule has 0 atom stereocenters. The van der Waals surface area contributed by atoms with E-state index in [9.17, 15) is 18.0 Å². The highest BCUT2D eigenvalue weighted by atomic mass is 32.2. The van der Waals surface area contributed by atoms with Crippen LogP contribution in [-0.2, 0) is 14.8 Å². The van der Waals surface area contributed by atoms with Crippen molar-refractivity contribution in [3.05, 3.63) is 54.1 Å². The molecule has 9 nitrogen and oxygen atoms in total. The normalized spacial score (nSPS) is 14.1. The van der Waals surface area contributed by atoms with E-state index >= 15 is 0 Å². The van der Waals surface area contributed by atoms with Gasteiger partial charge < -0.3 is 19.4 Å². The van der Waals surface area contributed by atoms with Crippen LogP contribution in [0.5, 0.6) is 5.75 Å². The van der Waals surface area contributed by atoms with Gasteiger partial charge >= 0.3 is 0 Å². The highest BCUT2D eigenvalue weighted by Gasteiger charge is 2.27. The largest absolute Gasteiger partial charge is 0.495 e. The van der Waals surface area contributed by atoms with Crippen LogP contribution in [0.2, 0.25) is 0 Å². The van der Waals surface area contributed by atoms with E-state index in [1.54, 1.807) is 50.4 Å². The number of sulfonamides is 1. The minimum absolute atomic E-state index is 0.184. The smallest absolute Gasteiger partial charge is 0.253 e. The molecular formula is C23H30N4O5S. The Bertz CT molecular complexity index is 1090. The van der Waals surface area contributed by atoms with Gasteiger partial charge in [0.25, 0.3) is 5.91 Å². The van der Waals surface area contributed by atoms with Gasteiger partial charge in [-0.2, -0.15) is 0 Å². The molecule has 2 amide bonds. The first-order valence-electron chi connectivity index (χ1n) is 10.6. The van der Waals surface area contributed by atoms with Crippen LogP contribution < -0.4 is 13.9 Å². The molecule has 0 unspecified atom stereocenters. The highest BCUT2D eigenvalue weighted by molar-refractivity contribution is 7.92. The quantitative estimate of drug-likeness (QED) is 0.604. The van der Waals surface area contributed by atoms with Gasteiger partial charge in [-0.25, -0.2) is 8.42 Å². The van der Waals surface area contributed by atoms with Crippen LogP contribution in [0.4, 0.5) is 11.4 Å². The Morgan fingerprint density at radius 1 is 0.970 bits per heavy atom. The molecule has 0 saturated carbocycles. The zero-order chi connectivity index (χ0) is 24.2. The molecule has 2 aromatic rings. The summed E-state index contributed by atoms with van der Waals surface area (Å²) in [5.41, 5.74) is 1.75. The van der Waals surface area contributed by atoms with Gasteiger partial charge in [-0.15, -0.1) is 0 Å². The summed E-state index contributed by atoms with van der Waals surface area (Å²) in [7, 11) is 1.21. The van der Waals surface area contributed by atoms with Gasteiger partial charge in [0, 0.05) is 45.8 Å². The zero-order valence-corrected chi connectivity index (χ0v) is 20.2. The maximum absolute atomic E-state index is 13.0. The molecule has 0 aliphatic carbocycles. The Hall–Kier alpha value is -3.27. The molecular weight excluding hydrogens is 444 g/mol. The summed E-state index contributed by atoms with van der Waals surface area (Å²) in [6.07, 6.45) is 1.07. The van der Waals surface area contributed by atoms with Crippen molar-refractivity contribution >= 4 is 33.2 Å². The molecule has 1 aliphatic heterocycles. The number of rotatable bonds is 7. The predicted octanol–water partition coefficient (Wildman–Crippen LogP) is 1.51. The average molecular weight is 475 g/mol. The topological polar surface area (TPSA) is 90.5 Å². The molecule has 1 heterocycles. The van der Waals surface area contributed by atoms with E-state index < -0.39 is 10.0 Å². The van der Waals surface area contributed by atoms with E-state index in [4.69, 9.17) is 4.74 Å². The van der Waals surface area contributed by atoms with Crippen molar-refractivity contribution in [2.24, 2.45) is 0 Å². The SMILES string of the molecule is COc1ccccc1N1CCN(C(=O)CN(c2ccc(C(=O)N(C)C)cc2)S(C)(=O)=O)CC1. The molecule has 1 fully saturated rings. The summed E-state index contributed by atoms with van der Waals surface area (Å²) in [6.45, 7) is 1.89. The Balaban J connectivity index is 1.69. The predicted molar refractivity (Wildman–Crippen MR) is 128 cm³/mol. The molecule has 33 heavy (non-hydrogen) atoms. The molecule has 0 radical (unpaired) electrons. The molecule has 178 valence electrons. The van der Waals surface area contributed by atoms with Crippen molar-refractivity contribution in [1.29, 1.82) is 0 Å². The number of carbonyl (C=O) groups is 2. The van der Waals surface area contributed by atoms with Crippen LogP contribution in [0.25, 0.3) is 0 Å². The van der Waals surface area contributed by atoms with Crippen LogP contribution in [0.3, 0.4) is 0 Å². The lowest BCUT2D eigenvalue weighted by Gasteiger charge is -2.37. The number of hydrogen-bond acceptors (Lipinski definition) is 6. The third-order valence-corrected chi connectivity index (χ3v) is 6.69. The molecule has 0 bridgehead atoms. The number of piperazine rings is 1. The van der Waals surface area contributed by atoms with E-state index in [0.29, 0.717) is 37.4 Å². The minimum atomic E-state index is -3.70. The third kappa shape index (κ3) is 5.75. The van der Waals surface area contributed by atoms with Gasteiger partial charge in [-0.3, -0.25) is 13.9 Å². The number of hydrogen-bond donors (Lipinski definition) is 0. The van der Waals surface area contributed by atoms with E-state index in [2.05, 4.69) is 4.90 Å². The number of amides is 2. The number of nitrogens with zero attached hydrogens (tertiary/aromatic N) is 4. The molecule has 2 aromatic carbocycles. The first-order chi connectivity index (χ1) is 15.6. The maximum atomic E-state index is 13.0. The fourth-order valence-electron chi connectivity index (χ4n) is 3.74. The number of benzene rings is 2. The van der Waals surface area contributed by atoms with Crippen molar-refractivity contribution in [1.82, 2.24) is 9.80 Å². The number of para-hydroxylation sites is 2. The monoisotopic (exact) mass is 474 g/mol. The Morgan fingerprint density at radius 3 is 2.12 bits per heavy atom. The van der Waals surface area contributed by atoms with E-state index in [1.165, 1.54) is 4.90 Å². The fourth-order valence-corrected chi connectivity index (χ4v) is 4.59. The summed E-state index contributed by atoms with van der Waals surface area (Å²) in [5, 5.41) is 0. The van der Waals surface area contributed by atoms with Crippen LogP contribution in [0.1, 0.15) is 10.4 Å². The Morgan fingerprint density at radius 2 is 1.58 bits per heavy atom. The van der Waals surface area contributed by atoms with Gasteiger partial charge in [0.2, 0.25) is 15.9 Å². The number of ether oxygens (including phenoxy) is 1. The molecule has 10 heteroatoms. The van der Waals surface area contributed by atoms with Crippen LogP contribution in [0.15, 0.2) is 48.5 Å². The highest BCUT2D eigenvalue weighted by Crippen LogP contribution is 2.28. The van der Waals surface area contributed by atoms with Crippen molar-refractivity contribution in [2.75, 3.05) is 69.4 Å². The first kappa shape index (κ1) is 24.4. The van der Waals surface area contributed by atoms with Gasteiger partial charge in [0.15, 0.2) is 0 Å². The summed E-state index contributed by atoms with van der Waals surface area (Å²) in [6, 6.07) is 13.9. The minimum Gasteiger partial charge on any atom is -0.495 e. The molecule has 3 rings (SSSR count). The van der Waals surface area contributed by atoms with Gasteiger partial charge in [0.1, 0.15) is 12.3 Å². The van der Waals surface area contributed by atoms with E-state index in [0.717, 1.165) is 22.0 Å². The zero-order valence-electron chi connectivity index (χ0n) is 19.4. The average Bonchev–Trinajstić information content (AvgIpc) is 2.81. The second-order valence-corrected chi connectivity index (χ2v) is 9.96. The third-order valence-electron chi connectivity index (χ3n) is 5.55.